The lowest BCUT2D eigenvalue weighted by atomic mass is 9.73. The molecule has 6 aliphatic rings. The summed E-state index contributed by atoms with van der Waals surface area (Å²) in [5.41, 5.74) is 3.94. The highest BCUT2D eigenvalue weighted by molar-refractivity contribution is 7.79. The van der Waals surface area contributed by atoms with Crippen LogP contribution in [0.2, 0.25) is 0 Å². The van der Waals surface area contributed by atoms with Gasteiger partial charge in [-0.2, -0.15) is 8.42 Å². The molecule has 16 N–H and O–H groups in total. The molecule has 16 nitrogen and oxygen atoms in total. The molecule has 6 fully saturated rings. The molecule has 8 heterocycles. The average Bonchev–Trinajstić information content (AvgIpc) is 3.13. The van der Waals surface area contributed by atoms with E-state index in [1.807, 2.05) is 60.9 Å². The number of rotatable bonds is 6. The second-order valence-corrected chi connectivity index (χ2v) is 14.6. The molecule has 2 aromatic heterocycles. The highest BCUT2D eigenvalue weighted by atomic mass is 32.3. The van der Waals surface area contributed by atoms with Crippen molar-refractivity contribution in [2.75, 3.05) is 26.2 Å². The molecule has 0 spiro atoms. The zero-order valence-electron chi connectivity index (χ0n) is 30.6. The maximum Gasteiger partial charge on any atom is 0.394 e. The van der Waals surface area contributed by atoms with Gasteiger partial charge in [0.15, 0.2) is 0 Å². The van der Waals surface area contributed by atoms with Gasteiger partial charge in [-0.25, -0.2) is 0 Å². The lowest BCUT2D eigenvalue weighted by Crippen LogP contribution is -2.54. The minimum absolute atomic E-state index is 0. The second kappa shape index (κ2) is 22.1. The Morgan fingerprint density at radius 2 is 0.982 bits per heavy atom. The van der Waals surface area contributed by atoms with E-state index in [0.717, 1.165) is 72.0 Å². The molecule has 0 amide bonds. The molecule has 10 unspecified atom stereocenters. The summed E-state index contributed by atoms with van der Waals surface area (Å²) in [7, 11) is -4.67. The molecule has 308 valence electrons. The predicted octanol–water partition coefficient (Wildman–Crippen LogP) is 0.728. The van der Waals surface area contributed by atoms with Crippen LogP contribution < -0.4 is 0 Å². The molecule has 10 rings (SSSR count). The number of aliphatic hydroxyl groups is 2. The van der Waals surface area contributed by atoms with Gasteiger partial charge >= 0.3 is 10.4 Å². The van der Waals surface area contributed by atoms with Crippen molar-refractivity contribution in [2.24, 2.45) is 23.7 Å². The number of hydrogen-bond donors (Lipinski definition) is 4. The Kier molecular flexibility index (Phi) is 20.6. The molecule has 0 aliphatic carbocycles. The van der Waals surface area contributed by atoms with Gasteiger partial charge in [-0.1, -0.05) is 48.6 Å². The van der Waals surface area contributed by atoms with Crippen molar-refractivity contribution < 1.29 is 60.6 Å². The van der Waals surface area contributed by atoms with Crippen LogP contribution in [0.15, 0.2) is 98.4 Å². The first kappa shape index (κ1) is 51.2. The van der Waals surface area contributed by atoms with E-state index in [1.165, 1.54) is 12.8 Å². The van der Waals surface area contributed by atoms with Crippen LogP contribution in [0.25, 0.3) is 21.8 Å². The monoisotopic (exact) mass is 794 g/mol. The molecular weight excluding hydrogens is 737 g/mol. The summed E-state index contributed by atoms with van der Waals surface area (Å²) in [6.45, 7) is 12.2. The molecule has 4 aromatic rings. The van der Waals surface area contributed by atoms with Gasteiger partial charge in [0.2, 0.25) is 0 Å². The molecule has 6 aliphatic heterocycles. The van der Waals surface area contributed by atoms with Crippen molar-refractivity contribution in [3.63, 3.8) is 0 Å². The number of para-hydroxylation sites is 2. The summed E-state index contributed by atoms with van der Waals surface area (Å²) < 4.78 is 31.6. The van der Waals surface area contributed by atoms with E-state index >= 15 is 0 Å². The minimum atomic E-state index is -4.67. The van der Waals surface area contributed by atoms with Crippen LogP contribution in [0.4, 0.5) is 0 Å². The van der Waals surface area contributed by atoms with Crippen LogP contribution in [-0.2, 0) is 10.4 Å². The van der Waals surface area contributed by atoms with E-state index in [2.05, 4.69) is 57.2 Å². The highest BCUT2D eigenvalue weighted by Crippen LogP contribution is 2.43. The van der Waals surface area contributed by atoms with Crippen LogP contribution >= 0.6 is 0 Å². The predicted molar refractivity (Wildman–Crippen MR) is 213 cm³/mol. The molecule has 55 heavy (non-hydrogen) atoms. The van der Waals surface area contributed by atoms with E-state index in [4.69, 9.17) is 17.5 Å². The third-order valence-corrected chi connectivity index (χ3v) is 11.0. The molecule has 0 radical (unpaired) electrons. The molecule has 6 saturated heterocycles. The number of piperidine rings is 6. The Labute approximate surface area is 321 Å². The van der Waals surface area contributed by atoms with Gasteiger partial charge in [-0.3, -0.25) is 28.9 Å². The largest absolute Gasteiger partial charge is 0.412 e. The normalized spacial score (nSPS) is 26.7. The van der Waals surface area contributed by atoms with Gasteiger partial charge in [0.05, 0.1) is 23.2 Å². The number of nitrogens with zero attached hydrogens (tertiary/aromatic N) is 4. The third kappa shape index (κ3) is 11.6. The zero-order chi connectivity index (χ0) is 34.7. The molecule has 0 saturated carbocycles. The quantitative estimate of drug-likeness (QED) is 0.157. The fourth-order valence-electron chi connectivity index (χ4n) is 8.58. The first-order valence-electron chi connectivity index (χ1n) is 17.0. The van der Waals surface area contributed by atoms with Gasteiger partial charge in [-0.05, 0) is 97.8 Å². The lowest BCUT2D eigenvalue weighted by Gasteiger charge is -2.50. The first-order valence-corrected chi connectivity index (χ1v) is 18.4. The Morgan fingerprint density at radius 3 is 1.29 bits per heavy atom. The fraction of sp³-hybridized carbons (Fsp3) is 0.421. The molecule has 10 atom stereocenters. The topological polar surface area (TPSA) is 336 Å². The van der Waals surface area contributed by atoms with Gasteiger partial charge in [0, 0.05) is 48.3 Å². The van der Waals surface area contributed by atoms with Gasteiger partial charge in [0.25, 0.3) is 0 Å². The van der Waals surface area contributed by atoms with Gasteiger partial charge in [0.1, 0.15) is 0 Å². The highest BCUT2D eigenvalue weighted by Gasteiger charge is 2.43. The average molecular weight is 795 g/mol. The van der Waals surface area contributed by atoms with Crippen molar-refractivity contribution >= 4 is 32.2 Å². The zero-order valence-corrected chi connectivity index (χ0v) is 31.4. The fourth-order valence-corrected chi connectivity index (χ4v) is 8.58. The van der Waals surface area contributed by atoms with E-state index in [9.17, 15) is 10.2 Å². The summed E-state index contributed by atoms with van der Waals surface area (Å²) in [4.78, 5) is 13.7. The molecular formula is C38H58N4O12S. The lowest BCUT2D eigenvalue weighted by molar-refractivity contribution is -0.0445. The Bertz CT molecular complexity index is 1760. The maximum absolute atomic E-state index is 11.0. The van der Waals surface area contributed by atoms with Crippen LogP contribution in [0.3, 0.4) is 0 Å². The van der Waals surface area contributed by atoms with Crippen molar-refractivity contribution in [1.82, 2.24) is 19.8 Å². The van der Waals surface area contributed by atoms with Crippen LogP contribution in [0.1, 0.15) is 49.0 Å². The summed E-state index contributed by atoms with van der Waals surface area (Å²) in [5, 5.41) is 24.2. The number of benzene rings is 2. The third-order valence-electron chi connectivity index (χ3n) is 11.0. The number of hydrogen-bond acceptors (Lipinski definition) is 8. The number of pyridine rings is 2. The number of aliphatic hydroxyl groups excluding tert-OH is 2. The van der Waals surface area contributed by atoms with Crippen molar-refractivity contribution in [3.8, 4) is 0 Å². The minimum Gasteiger partial charge on any atom is -0.412 e. The Balaban J connectivity index is 0.000000861. The van der Waals surface area contributed by atoms with Crippen molar-refractivity contribution in [3.05, 3.63) is 109 Å². The van der Waals surface area contributed by atoms with E-state index in [0.29, 0.717) is 23.7 Å². The van der Waals surface area contributed by atoms with Crippen LogP contribution in [-0.4, -0.2) is 119 Å². The van der Waals surface area contributed by atoms with E-state index in [1.54, 1.807) is 0 Å². The van der Waals surface area contributed by atoms with Gasteiger partial charge < -0.3 is 43.1 Å². The molecule has 2 aromatic carbocycles. The molecule has 17 heteroatoms. The summed E-state index contributed by atoms with van der Waals surface area (Å²) in [6, 6.07) is 20.5. The first-order chi connectivity index (χ1) is 23.6. The van der Waals surface area contributed by atoms with Crippen molar-refractivity contribution in [2.45, 2.75) is 50.0 Å². The maximum atomic E-state index is 11.0. The summed E-state index contributed by atoms with van der Waals surface area (Å²) in [6.07, 6.45) is 11.5. The summed E-state index contributed by atoms with van der Waals surface area (Å²) in [5.74, 6) is 2.53. The summed E-state index contributed by atoms with van der Waals surface area (Å²) >= 11 is 0. The smallest absolute Gasteiger partial charge is 0.394 e. The SMILES string of the molecule is C=CC1CN2CCC1CC2C(O)c1ccnc2ccccc12.C=CC1CN2CCC1CC2C(O)c1ccnc2ccccc12.O.O.O.O.O.O.O=S(=O)(O)O. The Hall–Kier alpha value is -3.79. The molecule has 4 bridgehead atoms. The van der Waals surface area contributed by atoms with Crippen LogP contribution in [0.5, 0.6) is 0 Å². The number of aromatic nitrogens is 2. The van der Waals surface area contributed by atoms with Crippen LogP contribution in [0, 0.1) is 23.7 Å². The Morgan fingerprint density at radius 1 is 0.636 bits per heavy atom. The van der Waals surface area contributed by atoms with E-state index < -0.39 is 22.6 Å². The van der Waals surface area contributed by atoms with E-state index in [-0.39, 0.29) is 44.9 Å². The van der Waals surface area contributed by atoms with Gasteiger partial charge in [-0.15, -0.1) is 13.2 Å². The second-order valence-electron chi connectivity index (χ2n) is 13.7. The van der Waals surface area contributed by atoms with Crippen molar-refractivity contribution in [1.29, 1.82) is 0 Å². The number of fused-ring (bicyclic) bond motifs is 8. The standard InChI is InChI=1S/2C19H22N2O.H2O4S.6H2O/c2*1-2-13-12-21-10-8-14(13)11-18(21)19(22)16-7-9-20-17-6-4-3-5-15(16)17;1-5(2,3)4;;;;;;/h2*2-7,9,13-14,18-19,22H,1,8,10-12H2;(H2,1,2,3,4);6*1H2.